The zero-order valence-electron chi connectivity index (χ0n) is 67.8. The molecule has 18 rings (SSSR count). The number of hydrogen-bond acceptors (Lipinski definition) is 2. The van der Waals surface area contributed by atoms with Gasteiger partial charge in [0.15, 0.2) is 0 Å². The van der Waals surface area contributed by atoms with E-state index in [0.29, 0.717) is 0 Å². The van der Waals surface area contributed by atoms with E-state index in [1.807, 2.05) is 0 Å². The van der Waals surface area contributed by atoms with Gasteiger partial charge in [-0.2, -0.15) is 0 Å². The van der Waals surface area contributed by atoms with Gasteiger partial charge in [0.05, 0.1) is 0 Å². The summed E-state index contributed by atoms with van der Waals surface area (Å²) in [6.45, 7) is 0. The minimum absolute atomic E-state index is 1.10. The summed E-state index contributed by atoms with van der Waals surface area (Å²) in [5.74, 6) is 7.34. The molecule has 568 valence electrons. The second-order valence-electron chi connectivity index (χ2n) is 32.6. The standard InChI is InChI=1S/C57H47GeN.C54H38N.3CH3.Sn/c1-58(2,3)54-31-23-44(24-32-54)50-19-12-22-53(41-50)47-29-37-57(38-30-47)59(55-33-25-45(26-34-55)51-20-10-17-48(39-51)42-13-6-4-7-14-42)56-35-27-46(28-36-56)52-21-11-18-49(40-52)43-15-8-5-9-16-43;1-4-13-40(14-5-1)46-19-10-22-49(37-46)43-25-31-52(32-26-43)55(53-33-27-44(28-34-53)50-23-11-20-47(38-50)41-15-6-2-7-16-41)54-35-29-45(30-36-54)51-24-12-21-48(39-51)42-17-8-3-9-18-42;;;;/h4-41H,1-3H3;1-2,4-39H;3*1H3;. The van der Waals surface area contributed by atoms with Crippen molar-refractivity contribution in [1.29, 1.82) is 0 Å². The topological polar surface area (TPSA) is 6.48 Å². The Morgan fingerprint density at radius 2 is 0.297 bits per heavy atom. The van der Waals surface area contributed by atoms with Crippen molar-refractivity contribution in [1.82, 2.24) is 0 Å². The van der Waals surface area contributed by atoms with Crippen LogP contribution in [-0.4, -0.2) is 31.6 Å². The molecule has 0 saturated heterocycles. The van der Waals surface area contributed by atoms with Crippen LogP contribution < -0.4 is 17.8 Å². The van der Waals surface area contributed by atoms with E-state index < -0.39 is 31.6 Å². The molecule has 0 heterocycles. The van der Waals surface area contributed by atoms with E-state index in [0.717, 1.165) is 34.1 Å². The molecule has 0 N–H and O–H groups in total. The van der Waals surface area contributed by atoms with Gasteiger partial charge in [0.25, 0.3) is 0 Å². The average Bonchev–Trinajstić information content (AvgIpc) is 0.790. The summed E-state index contributed by atoms with van der Waals surface area (Å²) < 4.78 is 3.09. The minimum atomic E-state index is -2.11. The Hall–Kier alpha value is -13.1. The Morgan fingerprint density at radius 3 is 0.458 bits per heavy atom. The normalized spacial score (nSPS) is 11.3. The van der Waals surface area contributed by atoms with Crippen LogP contribution in [0.3, 0.4) is 0 Å². The number of nitrogens with zero attached hydrogens (tertiary/aromatic N) is 2. The van der Waals surface area contributed by atoms with Crippen LogP contribution in [-0.2, 0) is 0 Å². The Labute approximate surface area is 704 Å². The fraction of sp³-hybridized carbons (Fsp3) is 0.0526. The van der Waals surface area contributed by atoms with Gasteiger partial charge < -0.3 is 0 Å². The summed E-state index contributed by atoms with van der Waals surface area (Å²) in [6.07, 6.45) is 0. The summed E-state index contributed by atoms with van der Waals surface area (Å²) in [7, 11) is 0. The van der Waals surface area contributed by atoms with Crippen LogP contribution in [0.4, 0.5) is 34.1 Å². The first-order valence-electron chi connectivity index (χ1n) is 41.0. The monoisotopic (exact) mass is 1680 g/mol. The average molecular weight is 1680 g/mol. The third-order valence-corrected chi connectivity index (χ3v) is 32.8. The second-order valence-corrected chi connectivity index (χ2v) is 57.7. The van der Waals surface area contributed by atoms with Gasteiger partial charge in [0.1, 0.15) is 0 Å². The molecule has 0 bridgehead atoms. The Kier molecular flexibility index (Phi) is 23.1. The van der Waals surface area contributed by atoms with Crippen LogP contribution in [0.15, 0.2) is 461 Å². The quantitative estimate of drug-likeness (QED) is 0.0702. The predicted octanol–water partition coefficient (Wildman–Crippen LogP) is 31.4. The SMILES string of the molecule is [CH3][Ge]([CH3])([CH3])[c]1ccc(-c2cccc(-c3ccc(N(c4ccc(-c5cccc(-c6ccccc6)c5)cc4)c4ccc(-c5cccc(-c6ccccc6)c5)cc4)cc3)c2)cc1.[CH3][Sn]([CH3])([CH3])[c]1ccc(-c2cccc(-c3ccc(N(c4ccc(-c5cccc(-c6ccccc6)c5)cc4)c4ccc(-c5cccc(-c6ccccc6)c5)cc4)cc3)c2)cc1. The number of rotatable bonds is 20. The van der Waals surface area contributed by atoms with Gasteiger partial charge in [-0.05, 0) is 162 Å². The van der Waals surface area contributed by atoms with Crippen molar-refractivity contribution in [2.24, 2.45) is 0 Å². The maximum atomic E-state index is 2.47. The van der Waals surface area contributed by atoms with Crippen molar-refractivity contribution < 1.29 is 0 Å². The molecule has 0 aliphatic carbocycles. The van der Waals surface area contributed by atoms with Crippen LogP contribution in [0.25, 0.3) is 134 Å². The van der Waals surface area contributed by atoms with Crippen LogP contribution in [0, 0.1) is 0 Å². The van der Waals surface area contributed by atoms with Crippen molar-refractivity contribution in [2.45, 2.75) is 32.1 Å². The first kappa shape index (κ1) is 77.5. The second kappa shape index (κ2) is 35.2. The molecule has 0 radical (unpaired) electrons. The van der Waals surface area contributed by atoms with Crippen molar-refractivity contribution in [3.8, 4) is 134 Å². The third kappa shape index (κ3) is 18.1. The first-order chi connectivity index (χ1) is 57.7. The Bertz CT molecular complexity index is 5750. The van der Waals surface area contributed by atoms with Crippen molar-refractivity contribution in [2.75, 3.05) is 9.80 Å². The number of benzene rings is 18. The molecule has 18 aromatic rings. The van der Waals surface area contributed by atoms with E-state index in [1.54, 1.807) is 3.58 Å². The van der Waals surface area contributed by atoms with E-state index in [1.165, 1.54) is 138 Å². The maximum absolute atomic E-state index is 2.47. The summed E-state index contributed by atoms with van der Waals surface area (Å²) in [5, 5.41) is 0. The zero-order chi connectivity index (χ0) is 80.4. The molecule has 0 aromatic heterocycles. The van der Waals surface area contributed by atoms with Crippen LogP contribution in [0.5, 0.6) is 0 Å². The molecular formula is C114H94GeN2Sn. The van der Waals surface area contributed by atoms with Gasteiger partial charge in [-0.25, -0.2) is 0 Å². The number of hydrogen-bond donors (Lipinski definition) is 0. The Balaban J connectivity index is 0.000000169. The van der Waals surface area contributed by atoms with E-state index in [9.17, 15) is 0 Å². The van der Waals surface area contributed by atoms with E-state index in [2.05, 4.69) is 503 Å². The molecule has 0 saturated carbocycles. The molecule has 18 aromatic carbocycles. The molecule has 118 heavy (non-hydrogen) atoms. The molecule has 0 aliphatic rings. The summed E-state index contributed by atoms with van der Waals surface area (Å²) in [5.41, 5.74) is 35.7. The first-order valence-corrected chi connectivity index (χ1v) is 58.3. The van der Waals surface area contributed by atoms with Gasteiger partial charge in [-0.3, -0.25) is 0 Å². The molecule has 0 atom stereocenters. The van der Waals surface area contributed by atoms with Gasteiger partial charge in [-0.15, -0.1) is 0 Å². The molecule has 4 heteroatoms. The van der Waals surface area contributed by atoms with E-state index >= 15 is 0 Å². The molecule has 2 nitrogen and oxygen atoms in total. The van der Waals surface area contributed by atoms with Crippen molar-refractivity contribution >= 4 is 73.7 Å². The van der Waals surface area contributed by atoms with Gasteiger partial charge in [-0.1, -0.05) is 243 Å². The Morgan fingerprint density at radius 1 is 0.153 bits per heavy atom. The van der Waals surface area contributed by atoms with Crippen LogP contribution in [0.1, 0.15) is 0 Å². The predicted molar refractivity (Wildman–Crippen MR) is 513 cm³/mol. The molecule has 0 fully saturated rings. The fourth-order valence-electron chi connectivity index (χ4n) is 15.8. The molecule has 0 aliphatic heterocycles. The number of anilines is 6. The summed E-state index contributed by atoms with van der Waals surface area (Å²) >= 11 is -3.98. The van der Waals surface area contributed by atoms with E-state index in [4.69, 9.17) is 0 Å². The van der Waals surface area contributed by atoms with Gasteiger partial charge in [0, 0.05) is 22.7 Å². The van der Waals surface area contributed by atoms with Gasteiger partial charge >= 0.3 is 283 Å². The zero-order valence-corrected chi connectivity index (χ0v) is 72.7. The summed E-state index contributed by atoms with van der Waals surface area (Å²) in [6, 6.07) is 168. The molecule has 0 amide bonds. The van der Waals surface area contributed by atoms with Crippen LogP contribution >= 0.6 is 0 Å². The molecule has 0 unspecified atom stereocenters. The fourth-order valence-corrected chi connectivity index (χ4v) is 21.6. The summed E-state index contributed by atoms with van der Waals surface area (Å²) in [4.78, 5) is 12.1. The van der Waals surface area contributed by atoms with Crippen LogP contribution in [0.2, 0.25) is 32.1 Å². The van der Waals surface area contributed by atoms with Gasteiger partial charge in [0.2, 0.25) is 0 Å². The van der Waals surface area contributed by atoms with E-state index in [-0.39, 0.29) is 0 Å². The van der Waals surface area contributed by atoms with Crippen molar-refractivity contribution in [3.63, 3.8) is 0 Å². The third-order valence-electron chi connectivity index (χ3n) is 22.5. The molecular weight excluding hydrogens is 1590 g/mol. The molecule has 0 spiro atoms. The van der Waals surface area contributed by atoms with Crippen molar-refractivity contribution in [3.05, 3.63) is 461 Å².